The van der Waals surface area contributed by atoms with E-state index in [9.17, 15) is 0 Å². The van der Waals surface area contributed by atoms with Crippen molar-refractivity contribution in [3.8, 4) is 21.6 Å². The fourth-order valence-corrected chi connectivity index (χ4v) is 10.4. The minimum Gasteiger partial charge on any atom is -0.311 e. The predicted octanol–water partition coefficient (Wildman–Crippen LogP) is 16.0. The SMILES string of the molecule is C=C(S/C(=C\C)c1cccc(N(C2=CC(c3ccc(-c4ccccc4)s3)CC=C2)c2ccc(-c3ccc4sc5ccccc5c4c3)cc2)c1)c1ccccc1. The molecule has 2 aromatic heterocycles. The normalized spacial score (nSPS) is 14.3. The summed E-state index contributed by atoms with van der Waals surface area (Å²) >= 11 is 5.48. The topological polar surface area (TPSA) is 3.24 Å². The van der Waals surface area contributed by atoms with Gasteiger partial charge in [0.05, 0.1) is 0 Å². The Labute approximate surface area is 335 Å². The lowest BCUT2D eigenvalue weighted by molar-refractivity contribution is 0.855. The lowest BCUT2D eigenvalue weighted by Crippen LogP contribution is -2.17. The molecule has 6 aromatic carbocycles. The summed E-state index contributed by atoms with van der Waals surface area (Å²) in [5, 5.41) is 2.64. The van der Waals surface area contributed by atoms with Crippen molar-refractivity contribution in [3.63, 3.8) is 0 Å². The van der Waals surface area contributed by atoms with Crippen molar-refractivity contribution in [1.29, 1.82) is 0 Å². The first-order valence-corrected chi connectivity index (χ1v) is 21.1. The lowest BCUT2D eigenvalue weighted by Gasteiger charge is -2.30. The zero-order valence-electron chi connectivity index (χ0n) is 30.6. The van der Waals surface area contributed by atoms with E-state index in [1.807, 2.05) is 28.7 Å². The first-order chi connectivity index (χ1) is 27.1. The van der Waals surface area contributed by atoms with E-state index < -0.39 is 0 Å². The van der Waals surface area contributed by atoms with Gasteiger partial charge >= 0.3 is 0 Å². The van der Waals surface area contributed by atoms with E-state index in [-0.39, 0.29) is 5.92 Å². The number of allylic oxidation sites excluding steroid dienone is 4. The Morgan fingerprint density at radius 2 is 1.36 bits per heavy atom. The third-order valence-electron chi connectivity index (χ3n) is 10.2. The van der Waals surface area contributed by atoms with Crippen molar-refractivity contribution in [2.45, 2.75) is 19.3 Å². The molecule has 9 rings (SSSR count). The van der Waals surface area contributed by atoms with Gasteiger partial charge in [0.2, 0.25) is 0 Å². The molecule has 0 fully saturated rings. The summed E-state index contributed by atoms with van der Waals surface area (Å²) in [5.41, 5.74) is 9.44. The molecule has 0 bridgehead atoms. The van der Waals surface area contributed by atoms with Gasteiger partial charge in [-0.15, -0.1) is 22.7 Å². The minimum absolute atomic E-state index is 0.287. The Balaban J connectivity index is 1.09. The highest BCUT2D eigenvalue weighted by Gasteiger charge is 2.21. The summed E-state index contributed by atoms with van der Waals surface area (Å²) < 4.78 is 2.66. The number of anilines is 2. The predicted molar refractivity (Wildman–Crippen MR) is 244 cm³/mol. The maximum atomic E-state index is 4.43. The van der Waals surface area contributed by atoms with Gasteiger partial charge in [-0.2, -0.15) is 0 Å². The standard InChI is InChI=1S/C51H39NS3/c1-3-47(53-35(2)36-14-6-4-7-15-36)40-18-12-20-43(32-40)52(44-21-13-19-41(33-44)49-31-30-48(54-49)38-16-8-5-9-17-38)42-27-24-37(25-28-42)39-26-29-51-46(34-39)45-22-10-11-23-50(45)55-51/h3-18,20-34,41H,2,19H2,1H3/b47-3-. The van der Waals surface area contributed by atoms with Crippen molar-refractivity contribution in [2.75, 3.05) is 4.90 Å². The van der Waals surface area contributed by atoms with Crippen molar-refractivity contribution in [2.24, 2.45) is 0 Å². The monoisotopic (exact) mass is 761 g/mol. The van der Waals surface area contributed by atoms with Crippen molar-refractivity contribution in [1.82, 2.24) is 0 Å². The van der Waals surface area contributed by atoms with Crippen LogP contribution in [-0.4, -0.2) is 0 Å². The van der Waals surface area contributed by atoms with E-state index >= 15 is 0 Å². The maximum Gasteiger partial charge on any atom is 0.0467 e. The lowest BCUT2D eigenvalue weighted by atomic mass is 9.96. The molecule has 0 saturated heterocycles. The second-order valence-corrected chi connectivity index (χ2v) is 17.0. The molecule has 0 radical (unpaired) electrons. The Hall–Kier alpha value is -5.65. The first kappa shape index (κ1) is 35.1. The molecule has 2 heterocycles. The van der Waals surface area contributed by atoms with E-state index in [4.69, 9.17) is 0 Å². The summed E-state index contributed by atoms with van der Waals surface area (Å²) in [6.45, 7) is 6.54. The van der Waals surface area contributed by atoms with Crippen LogP contribution in [0.15, 0.2) is 200 Å². The quantitative estimate of drug-likeness (QED) is 0.137. The smallest absolute Gasteiger partial charge is 0.0467 e. The average Bonchev–Trinajstić information content (AvgIpc) is 3.90. The molecule has 8 aromatic rings. The molecule has 0 aliphatic heterocycles. The van der Waals surface area contributed by atoms with E-state index in [2.05, 4.69) is 200 Å². The second kappa shape index (κ2) is 15.6. The summed E-state index contributed by atoms with van der Waals surface area (Å²) in [6.07, 6.45) is 10.3. The molecule has 266 valence electrons. The summed E-state index contributed by atoms with van der Waals surface area (Å²) in [4.78, 5) is 7.32. The molecular weight excluding hydrogens is 723 g/mol. The van der Waals surface area contributed by atoms with Crippen LogP contribution in [0, 0.1) is 0 Å². The molecule has 1 unspecified atom stereocenters. The van der Waals surface area contributed by atoms with Crippen molar-refractivity contribution >= 4 is 75.8 Å². The Kier molecular flexibility index (Phi) is 9.95. The third-order valence-corrected chi connectivity index (χ3v) is 13.8. The molecule has 1 nitrogen and oxygen atoms in total. The van der Waals surface area contributed by atoms with Gasteiger partial charge < -0.3 is 4.90 Å². The van der Waals surface area contributed by atoms with Gasteiger partial charge in [0, 0.05) is 62.7 Å². The Morgan fingerprint density at radius 1 is 0.636 bits per heavy atom. The zero-order valence-corrected chi connectivity index (χ0v) is 33.0. The summed E-state index contributed by atoms with van der Waals surface area (Å²) in [7, 11) is 0. The van der Waals surface area contributed by atoms with Crippen LogP contribution in [0.3, 0.4) is 0 Å². The van der Waals surface area contributed by atoms with Gasteiger partial charge in [-0.05, 0) is 102 Å². The van der Waals surface area contributed by atoms with Gasteiger partial charge in [0.25, 0.3) is 0 Å². The molecule has 0 saturated carbocycles. The number of rotatable bonds is 10. The molecule has 1 aliphatic rings. The molecule has 0 amide bonds. The van der Waals surface area contributed by atoms with E-state index in [0.29, 0.717) is 0 Å². The van der Waals surface area contributed by atoms with E-state index in [1.165, 1.54) is 62.8 Å². The first-order valence-electron chi connectivity index (χ1n) is 18.7. The number of fused-ring (bicyclic) bond motifs is 3. The van der Waals surface area contributed by atoms with Crippen LogP contribution in [0.25, 0.3) is 51.6 Å². The number of hydrogen-bond acceptors (Lipinski definition) is 4. The van der Waals surface area contributed by atoms with Gasteiger partial charge in [0.15, 0.2) is 0 Å². The molecular formula is C51H39NS3. The van der Waals surface area contributed by atoms with Crippen LogP contribution in [-0.2, 0) is 0 Å². The van der Waals surface area contributed by atoms with Gasteiger partial charge in [-0.3, -0.25) is 0 Å². The Morgan fingerprint density at radius 3 is 2.18 bits per heavy atom. The molecule has 0 spiro atoms. The molecule has 1 aliphatic carbocycles. The number of nitrogens with zero attached hydrogens (tertiary/aromatic N) is 1. The zero-order chi connectivity index (χ0) is 37.1. The maximum absolute atomic E-state index is 4.43. The number of hydrogen-bond donors (Lipinski definition) is 0. The van der Waals surface area contributed by atoms with Crippen LogP contribution in [0.5, 0.6) is 0 Å². The molecule has 0 N–H and O–H groups in total. The van der Waals surface area contributed by atoms with Crippen LogP contribution in [0.4, 0.5) is 11.4 Å². The highest BCUT2D eigenvalue weighted by molar-refractivity contribution is 8.16. The minimum atomic E-state index is 0.287. The summed E-state index contributed by atoms with van der Waals surface area (Å²) in [5.74, 6) is 0.287. The van der Waals surface area contributed by atoms with Gasteiger partial charge in [-0.25, -0.2) is 0 Å². The number of thioether (sulfide) groups is 1. The Bertz CT molecular complexity index is 2730. The molecule has 4 heteroatoms. The van der Waals surface area contributed by atoms with Gasteiger partial charge in [0.1, 0.15) is 0 Å². The second-order valence-electron chi connectivity index (χ2n) is 13.7. The van der Waals surface area contributed by atoms with E-state index in [1.54, 1.807) is 11.8 Å². The highest BCUT2D eigenvalue weighted by Crippen LogP contribution is 2.43. The fourth-order valence-electron chi connectivity index (χ4n) is 7.38. The third kappa shape index (κ3) is 7.29. The van der Waals surface area contributed by atoms with Crippen molar-refractivity contribution in [3.05, 3.63) is 216 Å². The average molecular weight is 762 g/mol. The number of benzene rings is 6. The van der Waals surface area contributed by atoms with Gasteiger partial charge in [-0.1, -0.05) is 146 Å². The van der Waals surface area contributed by atoms with Crippen LogP contribution < -0.4 is 4.90 Å². The van der Waals surface area contributed by atoms with Crippen molar-refractivity contribution < 1.29 is 0 Å². The summed E-state index contributed by atoms with van der Waals surface area (Å²) in [6, 6.07) is 59.4. The van der Waals surface area contributed by atoms with Crippen LogP contribution in [0.2, 0.25) is 0 Å². The highest BCUT2D eigenvalue weighted by atomic mass is 32.2. The van der Waals surface area contributed by atoms with E-state index in [0.717, 1.165) is 28.3 Å². The van der Waals surface area contributed by atoms with Crippen LogP contribution >= 0.6 is 34.4 Å². The largest absolute Gasteiger partial charge is 0.311 e. The number of thiophene rings is 2. The molecule has 1 atom stereocenters. The van der Waals surface area contributed by atoms with Crippen LogP contribution in [0.1, 0.15) is 35.3 Å². The fraction of sp³-hybridized carbons (Fsp3) is 0.0588. The molecule has 55 heavy (non-hydrogen) atoms.